The number of aryl methyl sites for hydroxylation is 1. The molecule has 0 saturated carbocycles. The second-order valence-electron chi connectivity index (χ2n) is 11.6. The average molecular weight is 594 g/mol. The van der Waals surface area contributed by atoms with Crippen LogP contribution >= 0.6 is 11.6 Å². The van der Waals surface area contributed by atoms with Crippen LogP contribution in [0.1, 0.15) is 122 Å². The molecule has 40 heavy (non-hydrogen) atoms. The maximum absolute atomic E-state index is 13.7. The van der Waals surface area contributed by atoms with Crippen molar-refractivity contribution in [1.82, 2.24) is 24.5 Å². The molecule has 2 heterocycles. The summed E-state index contributed by atoms with van der Waals surface area (Å²) in [5, 5.41) is 8.00. The summed E-state index contributed by atoms with van der Waals surface area (Å²) in [5.41, 5.74) is 2.16. The highest BCUT2D eigenvalue weighted by Gasteiger charge is 2.27. The largest absolute Gasteiger partial charge is 0.492 e. The molecule has 3 aromatic rings. The van der Waals surface area contributed by atoms with E-state index < -0.39 is 10.0 Å². The number of unbranched alkanes of at least 4 members (excludes halogenated alkanes) is 7. The van der Waals surface area contributed by atoms with Crippen molar-refractivity contribution in [1.29, 1.82) is 0 Å². The van der Waals surface area contributed by atoms with Gasteiger partial charge >= 0.3 is 0 Å². The van der Waals surface area contributed by atoms with Crippen LogP contribution in [-0.2, 0) is 15.4 Å². The molecule has 0 spiro atoms. The number of ether oxygens (including phenoxy) is 1. The maximum atomic E-state index is 13.7. The molecule has 3 rings (SSSR count). The van der Waals surface area contributed by atoms with Gasteiger partial charge in [-0.05, 0) is 42.9 Å². The number of H-pyrrole nitrogens is 1. The molecule has 0 aliphatic heterocycles. The van der Waals surface area contributed by atoms with Gasteiger partial charge in [0, 0.05) is 12.5 Å². The van der Waals surface area contributed by atoms with Crippen LogP contribution in [0.5, 0.6) is 5.75 Å². The van der Waals surface area contributed by atoms with Gasteiger partial charge in [0.2, 0.25) is 10.0 Å². The minimum atomic E-state index is -3.86. The highest BCUT2D eigenvalue weighted by atomic mass is 35.5. The number of rotatable bonds is 18. The van der Waals surface area contributed by atoms with Gasteiger partial charge in [0.1, 0.15) is 15.7 Å². The molecule has 0 radical (unpaired) electrons. The summed E-state index contributed by atoms with van der Waals surface area (Å²) in [6, 6.07) is 5.65. The average Bonchev–Trinajstić information content (AvgIpc) is 3.45. The highest BCUT2D eigenvalue weighted by Crippen LogP contribution is 2.35. The molecule has 1 aromatic carbocycles. The quantitative estimate of drug-likeness (QED) is 0.147. The van der Waals surface area contributed by atoms with Crippen LogP contribution in [0.2, 0.25) is 5.02 Å². The lowest BCUT2D eigenvalue weighted by Gasteiger charge is -2.26. The van der Waals surface area contributed by atoms with E-state index in [1.54, 1.807) is 6.07 Å². The number of aromatic nitrogens is 4. The minimum Gasteiger partial charge on any atom is -0.492 e. The molecule has 1 atom stereocenters. The molecule has 8 nitrogen and oxygen atoms in total. The van der Waals surface area contributed by atoms with Gasteiger partial charge in [0.15, 0.2) is 11.5 Å². The zero-order chi connectivity index (χ0) is 29.3. The van der Waals surface area contributed by atoms with Crippen molar-refractivity contribution >= 4 is 27.3 Å². The SMILES string of the molecule is CCCCCCCCOc1ccc(C(C)(C)CCCCC)cc1S(=O)(=O)NCC(C)c1nc2c(Cl)c(C)[nH]n2n1. The fraction of sp³-hybridized carbons (Fsp3) is 0.667. The monoisotopic (exact) mass is 593 g/mol. The van der Waals surface area contributed by atoms with Crippen LogP contribution < -0.4 is 9.46 Å². The smallest absolute Gasteiger partial charge is 0.244 e. The molecular weight excluding hydrogens is 546 g/mol. The van der Waals surface area contributed by atoms with Gasteiger partial charge in [-0.3, -0.25) is 5.10 Å². The van der Waals surface area contributed by atoms with Gasteiger partial charge in [-0.1, -0.05) is 104 Å². The second kappa shape index (κ2) is 14.7. The van der Waals surface area contributed by atoms with Crippen molar-refractivity contribution in [2.75, 3.05) is 13.2 Å². The van der Waals surface area contributed by atoms with Crippen LogP contribution in [0.3, 0.4) is 0 Å². The molecule has 224 valence electrons. The first-order chi connectivity index (χ1) is 19.0. The Morgan fingerprint density at radius 2 is 1.75 bits per heavy atom. The molecule has 0 saturated heterocycles. The lowest BCUT2D eigenvalue weighted by molar-refractivity contribution is 0.296. The topological polar surface area (TPSA) is 101 Å². The summed E-state index contributed by atoms with van der Waals surface area (Å²) in [4.78, 5) is 4.70. The third-order valence-corrected chi connectivity index (χ3v) is 9.52. The fourth-order valence-corrected chi connectivity index (χ4v) is 6.28. The number of sulfonamides is 1. The van der Waals surface area contributed by atoms with Crippen LogP contribution in [0.25, 0.3) is 5.65 Å². The van der Waals surface area contributed by atoms with Gasteiger partial charge in [-0.15, -0.1) is 5.10 Å². The number of nitrogens with zero attached hydrogens (tertiary/aromatic N) is 3. The zero-order valence-electron chi connectivity index (χ0n) is 25.1. The van der Waals surface area contributed by atoms with E-state index in [1.165, 1.54) is 30.3 Å². The Morgan fingerprint density at radius 1 is 1.07 bits per heavy atom. The third-order valence-electron chi connectivity index (χ3n) is 7.62. The zero-order valence-corrected chi connectivity index (χ0v) is 26.7. The van der Waals surface area contributed by atoms with Crippen LogP contribution in [-0.4, -0.2) is 41.4 Å². The maximum Gasteiger partial charge on any atom is 0.244 e. The molecule has 2 aromatic heterocycles. The number of hydrogen-bond acceptors (Lipinski definition) is 5. The Bertz CT molecular complexity index is 1330. The van der Waals surface area contributed by atoms with Gasteiger partial charge in [0.05, 0.1) is 12.3 Å². The predicted molar refractivity (Wildman–Crippen MR) is 163 cm³/mol. The molecule has 0 aliphatic carbocycles. The number of nitrogens with one attached hydrogen (secondary N) is 2. The van der Waals surface area contributed by atoms with Crippen molar-refractivity contribution < 1.29 is 13.2 Å². The Labute approximate surface area is 245 Å². The molecule has 2 N–H and O–H groups in total. The van der Waals surface area contributed by atoms with Gasteiger partial charge in [-0.2, -0.15) is 4.63 Å². The second-order valence-corrected chi connectivity index (χ2v) is 13.7. The van der Waals surface area contributed by atoms with E-state index in [2.05, 4.69) is 47.6 Å². The van der Waals surface area contributed by atoms with E-state index >= 15 is 0 Å². The predicted octanol–water partition coefficient (Wildman–Crippen LogP) is 7.70. The van der Waals surface area contributed by atoms with Crippen molar-refractivity contribution in [2.24, 2.45) is 0 Å². The first-order valence-corrected chi connectivity index (χ1v) is 16.7. The highest BCUT2D eigenvalue weighted by molar-refractivity contribution is 7.89. The lowest BCUT2D eigenvalue weighted by atomic mass is 9.80. The van der Waals surface area contributed by atoms with Crippen molar-refractivity contribution in [3.8, 4) is 5.75 Å². The number of aromatic amines is 1. The first-order valence-electron chi connectivity index (χ1n) is 14.9. The van der Waals surface area contributed by atoms with Crippen molar-refractivity contribution in [3.05, 3.63) is 40.3 Å². The van der Waals surface area contributed by atoms with Crippen LogP contribution in [0.4, 0.5) is 0 Å². The lowest BCUT2D eigenvalue weighted by Crippen LogP contribution is -2.29. The summed E-state index contributed by atoms with van der Waals surface area (Å²) in [6.45, 7) is 13.1. The van der Waals surface area contributed by atoms with Gasteiger partial charge in [-0.25, -0.2) is 18.1 Å². The summed E-state index contributed by atoms with van der Waals surface area (Å²) in [5.74, 6) is 0.652. The number of benzene rings is 1. The molecule has 0 fully saturated rings. The van der Waals surface area contributed by atoms with E-state index in [4.69, 9.17) is 16.3 Å². The standard InChI is InChI=1S/C30H48ClN5O3S/c1-7-9-11-12-13-15-19-39-25-17-16-24(30(5,6)18-14-10-8-2)20-26(25)40(37,38)32-21-22(3)28-33-29-27(31)23(4)34-36(29)35-28/h16-17,20,22,32,34H,7-15,18-19,21H2,1-6H3. The van der Waals surface area contributed by atoms with Crippen molar-refractivity contribution in [3.63, 3.8) is 0 Å². The molecule has 0 amide bonds. The van der Waals surface area contributed by atoms with Gasteiger partial charge in [0.25, 0.3) is 0 Å². The first kappa shape index (κ1) is 32.4. The number of hydrogen-bond donors (Lipinski definition) is 2. The minimum absolute atomic E-state index is 0.146. The summed E-state index contributed by atoms with van der Waals surface area (Å²) in [6.07, 6.45) is 11.3. The van der Waals surface area contributed by atoms with Gasteiger partial charge < -0.3 is 4.74 Å². The fourth-order valence-electron chi connectivity index (χ4n) is 4.82. The number of fused-ring (bicyclic) bond motifs is 1. The molecule has 0 bridgehead atoms. The van der Waals surface area contributed by atoms with Crippen molar-refractivity contribution in [2.45, 2.75) is 122 Å². The van der Waals surface area contributed by atoms with E-state index in [0.29, 0.717) is 28.9 Å². The van der Waals surface area contributed by atoms with Crippen LogP contribution in [0, 0.1) is 6.92 Å². The van der Waals surface area contributed by atoms with E-state index in [1.807, 2.05) is 26.0 Å². The molecule has 0 aliphatic rings. The third kappa shape index (κ3) is 8.46. The number of halogens is 1. The van der Waals surface area contributed by atoms with E-state index in [9.17, 15) is 8.42 Å². The normalized spacial score (nSPS) is 13.3. The van der Waals surface area contributed by atoms with Crippen LogP contribution in [0.15, 0.2) is 23.1 Å². The summed E-state index contributed by atoms with van der Waals surface area (Å²) < 4.78 is 37.8. The molecule has 1 unspecified atom stereocenters. The Balaban J connectivity index is 1.77. The Kier molecular flexibility index (Phi) is 11.9. The summed E-state index contributed by atoms with van der Waals surface area (Å²) >= 11 is 6.30. The Morgan fingerprint density at radius 3 is 2.45 bits per heavy atom. The molecular formula is C30H48ClN5O3S. The van der Waals surface area contributed by atoms with E-state index in [0.717, 1.165) is 49.8 Å². The Hall–Kier alpha value is -2.10. The summed E-state index contributed by atoms with van der Waals surface area (Å²) in [7, 11) is -3.86. The van der Waals surface area contributed by atoms with E-state index in [-0.39, 0.29) is 22.8 Å². The molecule has 10 heteroatoms.